The van der Waals surface area contributed by atoms with E-state index in [2.05, 4.69) is 5.43 Å². The normalized spacial score (nSPS) is 12.4. The van der Waals surface area contributed by atoms with Gasteiger partial charge in [-0.2, -0.15) is 0 Å². The largest absolute Gasteiger partial charge is 0.398 e. The average Bonchev–Trinajstić information content (AvgIpc) is 2.39. The fourth-order valence-electron chi connectivity index (χ4n) is 1.89. The van der Waals surface area contributed by atoms with Gasteiger partial charge in [-0.3, -0.25) is 5.84 Å². The van der Waals surface area contributed by atoms with E-state index in [0.717, 1.165) is 0 Å². The van der Waals surface area contributed by atoms with Crippen molar-refractivity contribution in [1.82, 2.24) is 5.43 Å². The Kier molecular flexibility index (Phi) is 4.27. The summed E-state index contributed by atoms with van der Waals surface area (Å²) < 4.78 is 13.4. The van der Waals surface area contributed by atoms with Crippen molar-refractivity contribution in [2.45, 2.75) is 6.04 Å². The number of nitrogens with two attached hydrogens (primary N) is 2. The van der Waals surface area contributed by atoms with Gasteiger partial charge in [0.05, 0.1) is 16.1 Å². The van der Waals surface area contributed by atoms with Crippen LogP contribution in [0.3, 0.4) is 0 Å². The lowest BCUT2D eigenvalue weighted by molar-refractivity contribution is 0.606. The molecule has 0 aliphatic carbocycles. The minimum atomic E-state index is -0.540. The van der Waals surface area contributed by atoms with E-state index in [1.165, 1.54) is 18.2 Å². The van der Waals surface area contributed by atoms with Crippen LogP contribution < -0.4 is 17.0 Å². The Morgan fingerprint density at radius 2 is 1.84 bits per heavy atom. The van der Waals surface area contributed by atoms with Gasteiger partial charge in [0.25, 0.3) is 0 Å². The van der Waals surface area contributed by atoms with E-state index in [9.17, 15) is 4.39 Å². The average molecular weight is 300 g/mol. The molecule has 0 saturated carbocycles. The zero-order valence-electron chi connectivity index (χ0n) is 9.83. The highest BCUT2D eigenvalue weighted by Gasteiger charge is 2.19. The molecule has 0 heterocycles. The van der Waals surface area contributed by atoms with Crippen molar-refractivity contribution in [1.29, 1.82) is 0 Å². The molecule has 19 heavy (non-hydrogen) atoms. The van der Waals surface area contributed by atoms with Crippen LogP contribution in [0.15, 0.2) is 36.4 Å². The highest BCUT2D eigenvalue weighted by Crippen LogP contribution is 2.34. The van der Waals surface area contributed by atoms with Gasteiger partial charge in [0.15, 0.2) is 0 Å². The summed E-state index contributed by atoms with van der Waals surface area (Å²) in [5, 5.41) is 0.755. The summed E-state index contributed by atoms with van der Waals surface area (Å²) in [6.45, 7) is 0. The maximum absolute atomic E-state index is 13.4. The highest BCUT2D eigenvalue weighted by molar-refractivity contribution is 6.42. The Balaban J connectivity index is 2.56. The van der Waals surface area contributed by atoms with Crippen molar-refractivity contribution < 1.29 is 4.39 Å². The Morgan fingerprint density at radius 1 is 1.11 bits per heavy atom. The topological polar surface area (TPSA) is 64.1 Å². The van der Waals surface area contributed by atoms with Gasteiger partial charge in [-0.1, -0.05) is 35.3 Å². The third-order valence-corrected chi connectivity index (χ3v) is 3.65. The van der Waals surface area contributed by atoms with Crippen LogP contribution in [0.5, 0.6) is 0 Å². The first-order valence-electron chi connectivity index (χ1n) is 5.49. The number of nitrogen functional groups attached to an aromatic ring is 1. The lowest BCUT2D eigenvalue weighted by Gasteiger charge is -2.20. The molecule has 0 amide bonds. The molecule has 0 aliphatic heterocycles. The molecule has 6 heteroatoms. The van der Waals surface area contributed by atoms with E-state index >= 15 is 0 Å². The van der Waals surface area contributed by atoms with Gasteiger partial charge >= 0.3 is 0 Å². The lowest BCUT2D eigenvalue weighted by atomic mass is 9.97. The number of nitrogens with one attached hydrogen (secondary N) is 1. The van der Waals surface area contributed by atoms with Gasteiger partial charge in [0.2, 0.25) is 0 Å². The SMILES string of the molecule is NNC(c1cc(F)ccc1N)c1cccc(Cl)c1Cl. The molecular formula is C13H12Cl2FN3. The third-order valence-electron chi connectivity index (χ3n) is 2.82. The van der Waals surface area contributed by atoms with Crippen molar-refractivity contribution in [3.63, 3.8) is 0 Å². The fraction of sp³-hybridized carbons (Fsp3) is 0.0769. The molecule has 100 valence electrons. The number of benzene rings is 2. The number of rotatable bonds is 3. The number of hydrogen-bond acceptors (Lipinski definition) is 3. The molecule has 2 aromatic rings. The quantitative estimate of drug-likeness (QED) is 0.463. The molecule has 0 radical (unpaired) electrons. The highest BCUT2D eigenvalue weighted by atomic mass is 35.5. The van der Waals surface area contributed by atoms with Crippen molar-refractivity contribution in [2.75, 3.05) is 5.73 Å². The van der Waals surface area contributed by atoms with E-state index in [-0.39, 0.29) is 0 Å². The predicted molar refractivity (Wildman–Crippen MR) is 76.4 cm³/mol. The first kappa shape index (κ1) is 14.1. The molecule has 1 atom stereocenters. The molecule has 0 saturated heterocycles. The molecule has 0 bridgehead atoms. The zero-order chi connectivity index (χ0) is 14.0. The third kappa shape index (κ3) is 2.82. The van der Waals surface area contributed by atoms with Crippen LogP contribution in [0.25, 0.3) is 0 Å². The molecule has 2 aromatic carbocycles. The van der Waals surface area contributed by atoms with Gasteiger partial charge in [-0.25, -0.2) is 9.82 Å². The summed E-state index contributed by atoms with van der Waals surface area (Å²) in [5.41, 5.74) is 9.99. The van der Waals surface area contributed by atoms with Crippen molar-refractivity contribution >= 4 is 28.9 Å². The molecule has 0 aromatic heterocycles. The number of anilines is 1. The fourth-order valence-corrected chi connectivity index (χ4v) is 2.30. The van der Waals surface area contributed by atoms with E-state index in [1.807, 2.05) is 0 Å². The second-order valence-electron chi connectivity index (χ2n) is 4.02. The Morgan fingerprint density at radius 3 is 2.53 bits per heavy atom. The lowest BCUT2D eigenvalue weighted by Crippen LogP contribution is -2.29. The van der Waals surface area contributed by atoms with Crippen LogP contribution in [0.1, 0.15) is 17.2 Å². The zero-order valence-corrected chi connectivity index (χ0v) is 11.3. The van der Waals surface area contributed by atoms with Gasteiger partial charge in [0.1, 0.15) is 5.82 Å². The summed E-state index contributed by atoms with van der Waals surface area (Å²) in [6.07, 6.45) is 0. The number of hydrazine groups is 1. The van der Waals surface area contributed by atoms with Gasteiger partial charge in [-0.15, -0.1) is 0 Å². The minimum Gasteiger partial charge on any atom is -0.398 e. The van der Waals surface area contributed by atoms with Gasteiger partial charge in [-0.05, 0) is 29.8 Å². The van der Waals surface area contributed by atoms with Crippen LogP contribution in [0.4, 0.5) is 10.1 Å². The smallest absolute Gasteiger partial charge is 0.123 e. The van der Waals surface area contributed by atoms with Crippen LogP contribution in [-0.4, -0.2) is 0 Å². The maximum atomic E-state index is 13.4. The standard InChI is InChI=1S/C13H12Cl2FN3/c14-10-3-1-2-8(12(10)15)13(19-18)9-6-7(16)4-5-11(9)17/h1-6,13,19H,17-18H2. The number of halogens is 3. The summed E-state index contributed by atoms with van der Waals surface area (Å²) in [4.78, 5) is 0. The molecule has 2 rings (SSSR count). The molecule has 5 N–H and O–H groups in total. The first-order valence-corrected chi connectivity index (χ1v) is 6.25. The first-order chi connectivity index (χ1) is 9.04. The Bertz CT molecular complexity index is 602. The van der Waals surface area contributed by atoms with Gasteiger partial charge in [0, 0.05) is 11.3 Å². The molecule has 0 fully saturated rings. The van der Waals surface area contributed by atoms with Gasteiger partial charge < -0.3 is 5.73 Å². The summed E-state index contributed by atoms with van der Waals surface area (Å²) in [6, 6.07) is 8.70. The van der Waals surface area contributed by atoms with E-state index in [4.69, 9.17) is 34.8 Å². The van der Waals surface area contributed by atoms with E-state index in [0.29, 0.717) is 26.9 Å². The molecule has 0 aliphatic rings. The molecular weight excluding hydrogens is 288 g/mol. The second-order valence-corrected chi connectivity index (χ2v) is 4.80. The Labute approximate surface area is 120 Å². The van der Waals surface area contributed by atoms with Crippen LogP contribution in [0.2, 0.25) is 10.0 Å². The molecule has 0 spiro atoms. The Hall–Kier alpha value is -1.33. The van der Waals surface area contributed by atoms with Crippen molar-refractivity contribution in [2.24, 2.45) is 5.84 Å². The minimum absolute atomic E-state index is 0.357. The van der Waals surface area contributed by atoms with Crippen molar-refractivity contribution in [3.05, 3.63) is 63.4 Å². The van der Waals surface area contributed by atoms with Crippen LogP contribution >= 0.6 is 23.2 Å². The molecule has 1 unspecified atom stereocenters. The van der Waals surface area contributed by atoms with Crippen molar-refractivity contribution in [3.8, 4) is 0 Å². The van der Waals surface area contributed by atoms with E-state index < -0.39 is 11.9 Å². The predicted octanol–water partition coefficient (Wildman–Crippen LogP) is 3.27. The summed E-state index contributed by atoms with van der Waals surface area (Å²) >= 11 is 12.1. The molecule has 3 nitrogen and oxygen atoms in total. The monoisotopic (exact) mass is 299 g/mol. The van der Waals surface area contributed by atoms with Crippen LogP contribution in [0, 0.1) is 5.82 Å². The maximum Gasteiger partial charge on any atom is 0.123 e. The van der Waals surface area contributed by atoms with E-state index in [1.54, 1.807) is 18.2 Å². The second kappa shape index (κ2) is 5.75. The van der Waals surface area contributed by atoms with Crippen LogP contribution in [-0.2, 0) is 0 Å². The summed E-state index contributed by atoms with van der Waals surface area (Å²) in [7, 11) is 0. The number of hydrogen-bond donors (Lipinski definition) is 3. The summed E-state index contributed by atoms with van der Waals surface area (Å²) in [5.74, 6) is 5.14.